The van der Waals surface area contributed by atoms with Crippen LogP contribution < -0.4 is 11.1 Å². The molecule has 0 saturated carbocycles. The zero-order valence-electron chi connectivity index (χ0n) is 10.4. The number of aromatic nitrogens is 2. The maximum Gasteiger partial charge on any atom is 0.329 e. The zero-order chi connectivity index (χ0) is 14.5. The van der Waals surface area contributed by atoms with E-state index in [0.29, 0.717) is 0 Å². The Morgan fingerprint density at radius 2 is 2.10 bits per heavy atom. The molecule has 1 heterocycles. The van der Waals surface area contributed by atoms with E-state index >= 15 is 0 Å². The number of hydrogen-bond donors (Lipinski definition) is 3. The van der Waals surface area contributed by atoms with Gasteiger partial charge >= 0.3 is 5.69 Å². The standard InChI is InChI=1S/C12H13N5O3/c13-11-10(17(19)20)6-14-12(16-11)15-9(7-18)8-4-2-1-3-5-8/h1-6,9,18H,7H2,(H3,13,14,15,16)/t9-/m1/s1. The van der Waals surface area contributed by atoms with Gasteiger partial charge in [-0.25, -0.2) is 4.98 Å². The van der Waals surface area contributed by atoms with Crippen molar-refractivity contribution in [2.24, 2.45) is 0 Å². The fourth-order valence-corrected chi connectivity index (χ4v) is 1.67. The van der Waals surface area contributed by atoms with Crippen LogP contribution in [0.5, 0.6) is 0 Å². The molecule has 0 saturated heterocycles. The summed E-state index contributed by atoms with van der Waals surface area (Å²) in [5.74, 6) is -0.103. The van der Waals surface area contributed by atoms with E-state index in [-0.39, 0.29) is 24.1 Å². The van der Waals surface area contributed by atoms with Crippen LogP contribution in [-0.4, -0.2) is 26.6 Å². The summed E-state index contributed by atoms with van der Waals surface area (Å²) in [7, 11) is 0. The molecule has 0 amide bonds. The van der Waals surface area contributed by atoms with Crippen molar-refractivity contribution in [1.29, 1.82) is 0 Å². The summed E-state index contributed by atoms with van der Waals surface area (Å²) < 4.78 is 0. The molecule has 1 aromatic carbocycles. The summed E-state index contributed by atoms with van der Waals surface area (Å²) in [6.45, 7) is -0.176. The topological polar surface area (TPSA) is 127 Å². The number of rotatable bonds is 5. The summed E-state index contributed by atoms with van der Waals surface area (Å²) >= 11 is 0. The number of nitro groups is 1. The number of nitrogens with zero attached hydrogens (tertiary/aromatic N) is 3. The molecule has 0 aliphatic carbocycles. The number of nitrogens with one attached hydrogen (secondary N) is 1. The van der Waals surface area contributed by atoms with E-state index in [1.54, 1.807) is 0 Å². The lowest BCUT2D eigenvalue weighted by atomic mass is 10.1. The normalized spacial score (nSPS) is 11.8. The van der Waals surface area contributed by atoms with Crippen molar-refractivity contribution in [1.82, 2.24) is 9.97 Å². The second-order valence-corrected chi connectivity index (χ2v) is 4.01. The number of aliphatic hydroxyl groups is 1. The molecule has 20 heavy (non-hydrogen) atoms. The van der Waals surface area contributed by atoms with Gasteiger partial charge in [0.25, 0.3) is 0 Å². The molecule has 0 radical (unpaired) electrons. The number of nitrogens with two attached hydrogens (primary N) is 1. The van der Waals surface area contributed by atoms with Crippen molar-refractivity contribution < 1.29 is 10.0 Å². The van der Waals surface area contributed by atoms with Gasteiger partial charge in [-0.15, -0.1) is 0 Å². The molecule has 0 fully saturated rings. The maximum absolute atomic E-state index is 10.6. The Kier molecular flexibility index (Phi) is 4.06. The maximum atomic E-state index is 10.6. The Morgan fingerprint density at radius 3 is 2.65 bits per heavy atom. The first-order valence-electron chi connectivity index (χ1n) is 5.81. The molecule has 0 spiro atoms. The smallest absolute Gasteiger partial charge is 0.329 e. The van der Waals surface area contributed by atoms with Crippen molar-refractivity contribution in [2.75, 3.05) is 17.7 Å². The molecule has 4 N–H and O–H groups in total. The lowest BCUT2D eigenvalue weighted by molar-refractivity contribution is -0.384. The van der Waals surface area contributed by atoms with Gasteiger partial charge in [0.1, 0.15) is 6.20 Å². The Bertz CT molecular complexity index is 605. The number of aliphatic hydroxyl groups excluding tert-OH is 1. The van der Waals surface area contributed by atoms with Crippen LogP contribution in [0, 0.1) is 10.1 Å². The number of benzene rings is 1. The number of hydrogen-bond acceptors (Lipinski definition) is 7. The molecular formula is C12H13N5O3. The Balaban J connectivity index is 2.20. The third-order valence-electron chi connectivity index (χ3n) is 2.68. The van der Waals surface area contributed by atoms with E-state index in [0.717, 1.165) is 11.8 Å². The molecule has 0 unspecified atom stereocenters. The van der Waals surface area contributed by atoms with E-state index in [1.807, 2.05) is 30.3 Å². The van der Waals surface area contributed by atoms with Crippen LogP contribution in [0.4, 0.5) is 17.5 Å². The lowest BCUT2D eigenvalue weighted by Gasteiger charge is -2.16. The van der Waals surface area contributed by atoms with Gasteiger partial charge < -0.3 is 16.2 Å². The fourth-order valence-electron chi connectivity index (χ4n) is 1.67. The van der Waals surface area contributed by atoms with Crippen LogP contribution in [0.25, 0.3) is 0 Å². The first-order valence-corrected chi connectivity index (χ1v) is 5.81. The van der Waals surface area contributed by atoms with Crippen molar-refractivity contribution in [2.45, 2.75) is 6.04 Å². The minimum atomic E-state index is -0.653. The molecule has 104 valence electrons. The van der Waals surface area contributed by atoms with Crippen molar-refractivity contribution >= 4 is 17.5 Å². The zero-order valence-corrected chi connectivity index (χ0v) is 10.4. The largest absolute Gasteiger partial charge is 0.394 e. The molecule has 8 nitrogen and oxygen atoms in total. The van der Waals surface area contributed by atoms with Gasteiger partial charge in [0.15, 0.2) is 0 Å². The van der Waals surface area contributed by atoms with Crippen LogP contribution in [-0.2, 0) is 0 Å². The fraction of sp³-hybridized carbons (Fsp3) is 0.167. The van der Waals surface area contributed by atoms with E-state index in [1.165, 1.54) is 0 Å². The number of anilines is 2. The quantitative estimate of drug-likeness (QED) is 0.551. The monoisotopic (exact) mass is 275 g/mol. The van der Waals surface area contributed by atoms with Crippen LogP contribution >= 0.6 is 0 Å². The van der Waals surface area contributed by atoms with E-state index < -0.39 is 11.0 Å². The first kappa shape index (κ1) is 13.7. The van der Waals surface area contributed by atoms with E-state index in [2.05, 4.69) is 15.3 Å². The van der Waals surface area contributed by atoms with Crippen molar-refractivity contribution in [3.63, 3.8) is 0 Å². The molecule has 0 bridgehead atoms. The third kappa shape index (κ3) is 2.98. The highest BCUT2D eigenvalue weighted by atomic mass is 16.6. The van der Waals surface area contributed by atoms with Crippen LogP contribution in [0.1, 0.15) is 11.6 Å². The van der Waals surface area contributed by atoms with Gasteiger partial charge in [-0.1, -0.05) is 30.3 Å². The van der Waals surface area contributed by atoms with Crippen molar-refractivity contribution in [3.8, 4) is 0 Å². The molecule has 0 aliphatic rings. The van der Waals surface area contributed by atoms with Gasteiger partial charge in [0.05, 0.1) is 17.6 Å². The SMILES string of the molecule is Nc1nc(N[C@H](CO)c2ccccc2)ncc1[N+](=O)[O-]. The van der Waals surface area contributed by atoms with E-state index in [4.69, 9.17) is 5.73 Å². The Hall–Kier alpha value is -2.74. The summed E-state index contributed by atoms with van der Waals surface area (Å²) in [6, 6.07) is 8.79. The van der Waals surface area contributed by atoms with E-state index in [9.17, 15) is 15.2 Å². The van der Waals surface area contributed by atoms with Crippen LogP contribution in [0.15, 0.2) is 36.5 Å². The molecule has 2 rings (SSSR count). The predicted octanol–water partition coefficient (Wildman–Crippen LogP) is 1.11. The van der Waals surface area contributed by atoms with Gasteiger partial charge in [0.2, 0.25) is 11.8 Å². The summed E-state index contributed by atoms with van der Waals surface area (Å²) in [5, 5.41) is 22.9. The average Bonchev–Trinajstić information content (AvgIpc) is 2.45. The first-order chi connectivity index (χ1) is 9.61. The Morgan fingerprint density at radius 1 is 1.40 bits per heavy atom. The minimum absolute atomic E-state index is 0.121. The molecular weight excluding hydrogens is 262 g/mol. The average molecular weight is 275 g/mol. The molecule has 2 aromatic rings. The second kappa shape index (κ2) is 5.93. The van der Waals surface area contributed by atoms with Crippen molar-refractivity contribution in [3.05, 3.63) is 52.2 Å². The van der Waals surface area contributed by atoms with Gasteiger partial charge in [-0.2, -0.15) is 4.98 Å². The highest BCUT2D eigenvalue weighted by Crippen LogP contribution is 2.21. The lowest BCUT2D eigenvalue weighted by Crippen LogP contribution is -2.17. The van der Waals surface area contributed by atoms with Gasteiger partial charge in [-0.3, -0.25) is 10.1 Å². The minimum Gasteiger partial charge on any atom is -0.394 e. The highest BCUT2D eigenvalue weighted by Gasteiger charge is 2.16. The highest BCUT2D eigenvalue weighted by molar-refractivity contribution is 5.53. The molecule has 1 aromatic heterocycles. The van der Waals surface area contributed by atoms with Gasteiger partial charge in [0, 0.05) is 0 Å². The Labute approximate surface area is 114 Å². The predicted molar refractivity (Wildman–Crippen MR) is 73.0 cm³/mol. The van der Waals surface area contributed by atoms with Crippen LogP contribution in [0.3, 0.4) is 0 Å². The molecule has 0 aliphatic heterocycles. The second-order valence-electron chi connectivity index (χ2n) is 4.01. The molecule has 8 heteroatoms. The summed E-state index contributed by atoms with van der Waals surface area (Å²) in [4.78, 5) is 17.6. The summed E-state index contributed by atoms with van der Waals surface area (Å²) in [6.07, 6.45) is 1.03. The molecule has 1 atom stereocenters. The summed E-state index contributed by atoms with van der Waals surface area (Å²) in [5.41, 5.74) is 5.97. The van der Waals surface area contributed by atoms with Crippen LogP contribution in [0.2, 0.25) is 0 Å². The number of nitrogen functional groups attached to an aromatic ring is 1. The third-order valence-corrected chi connectivity index (χ3v) is 2.68. The van der Waals surface area contributed by atoms with Gasteiger partial charge in [-0.05, 0) is 5.56 Å².